The molecule has 1 unspecified atom stereocenters. The molecule has 2 aliphatic rings. The van der Waals surface area contributed by atoms with Crippen molar-refractivity contribution < 1.29 is 14.6 Å². The number of para-hydroxylation sites is 1. The highest BCUT2D eigenvalue weighted by atomic mass is 16.5. The molecule has 1 saturated heterocycles. The summed E-state index contributed by atoms with van der Waals surface area (Å²) in [6, 6.07) is 9.57. The quantitative estimate of drug-likeness (QED) is 0.389. The van der Waals surface area contributed by atoms with Crippen molar-refractivity contribution in [2.45, 2.75) is 70.4 Å². The average Bonchev–Trinajstić information content (AvgIpc) is 3.12. The maximum absolute atomic E-state index is 12.2. The first-order chi connectivity index (χ1) is 17.7. The highest BCUT2D eigenvalue weighted by Crippen LogP contribution is 2.36. The number of carboxylic acids is 1. The van der Waals surface area contributed by atoms with Gasteiger partial charge in [-0.2, -0.15) is 5.10 Å². The van der Waals surface area contributed by atoms with Crippen molar-refractivity contribution in [2.75, 3.05) is 31.6 Å². The second-order valence-corrected chi connectivity index (χ2v) is 11.2. The molecule has 0 saturated carbocycles. The second-order valence-electron chi connectivity index (χ2n) is 11.2. The highest BCUT2D eigenvalue weighted by Gasteiger charge is 2.39. The maximum atomic E-state index is 12.2. The molecular weight excluding hydrogens is 466 g/mol. The van der Waals surface area contributed by atoms with Crippen LogP contribution in [0.25, 0.3) is 10.9 Å². The number of carbonyl (C=O) groups is 1. The molecule has 2 N–H and O–H groups in total. The summed E-state index contributed by atoms with van der Waals surface area (Å²) in [6.45, 7) is 9.49. The van der Waals surface area contributed by atoms with E-state index in [1.807, 2.05) is 37.1 Å². The van der Waals surface area contributed by atoms with Crippen LogP contribution in [0.1, 0.15) is 68.1 Å². The van der Waals surface area contributed by atoms with Crippen LogP contribution in [0.15, 0.2) is 30.3 Å². The number of rotatable bonds is 10. The van der Waals surface area contributed by atoms with Gasteiger partial charge in [0.25, 0.3) is 0 Å². The van der Waals surface area contributed by atoms with Crippen molar-refractivity contribution in [1.29, 1.82) is 0 Å². The number of nitrogens with one attached hydrogen (secondary N) is 1. The topological polar surface area (TPSA) is 92.5 Å². The first-order valence-electron chi connectivity index (χ1n) is 13.5. The Labute approximate surface area is 219 Å². The molecule has 2 aromatic heterocycles. The van der Waals surface area contributed by atoms with Gasteiger partial charge >= 0.3 is 5.97 Å². The summed E-state index contributed by atoms with van der Waals surface area (Å²) in [5.41, 5.74) is 5.26. The van der Waals surface area contributed by atoms with E-state index >= 15 is 0 Å². The number of likely N-dealkylation sites (tertiary alicyclic amines) is 1. The third-order valence-electron chi connectivity index (χ3n) is 8.01. The molecule has 1 atom stereocenters. The first kappa shape index (κ1) is 25.7. The number of unbranched alkanes of at least 4 members (excludes halogenated alkanes) is 2. The van der Waals surface area contributed by atoms with Gasteiger partial charge in [-0.1, -0.05) is 44.5 Å². The molecule has 0 radical (unpaired) electrons. The Morgan fingerprint density at radius 2 is 2.03 bits per heavy atom. The summed E-state index contributed by atoms with van der Waals surface area (Å²) in [5.74, 6) is 0.223. The second kappa shape index (κ2) is 10.4. The van der Waals surface area contributed by atoms with Gasteiger partial charge in [-0.3, -0.25) is 14.4 Å². The van der Waals surface area contributed by atoms with Gasteiger partial charge in [0.1, 0.15) is 11.9 Å². The van der Waals surface area contributed by atoms with Gasteiger partial charge in [0.2, 0.25) is 0 Å². The molecule has 8 nitrogen and oxygen atoms in total. The van der Waals surface area contributed by atoms with Gasteiger partial charge in [-0.05, 0) is 44.1 Å². The van der Waals surface area contributed by atoms with Gasteiger partial charge in [0.05, 0.1) is 17.3 Å². The number of aromatic nitrogens is 3. The average molecular weight is 506 g/mol. The Balaban J connectivity index is 1.06. The lowest BCUT2D eigenvalue weighted by molar-refractivity contribution is -0.150. The van der Waals surface area contributed by atoms with Crippen LogP contribution in [0.3, 0.4) is 0 Å². The van der Waals surface area contributed by atoms with Crippen molar-refractivity contribution in [3.05, 3.63) is 52.8 Å². The zero-order valence-corrected chi connectivity index (χ0v) is 22.5. The number of aryl methyl sites for hydroxylation is 3. The van der Waals surface area contributed by atoms with Crippen LogP contribution in [0.5, 0.6) is 0 Å². The zero-order chi connectivity index (χ0) is 26.2. The number of hydrogen-bond donors (Lipinski definition) is 2. The molecule has 0 aliphatic carbocycles. The van der Waals surface area contributed by atoms with Gasteiger partial charge in [-0.15, -0.1) is 0 Å². The van der Waals surface area contributed by atoms with E-state index in [-0.39, 0.29) is 11.5 Å². The van der Waals surface area contributed by atoms with Crippen LogP contribution in [0.4, 0.5) is 5.82 Å². The summed E-state index contributed by atoms with van der Waals surface area (Å²) in [7, 11) is 1.87. The predicted octanol–water partition coefficient (Wildman–Crippen LogP) is 4.61. The lowest BCUT2D eigenvalue weighted by Gasteiger charge is -2.42. The lowest BCUT2D eigenvalue weighted by Crippen LogP contribution is -2.55. The summed E-state index contributed by atoms with van der Waals surface area (Å²) in [6.07, 6.45) is 5.38. The third-order valence-corrected chi connectivity index (χ3v) is 8.01. The molecule has 5 rings (SSSR count). The minimum Gasteiger partial charge on any atom is -0.480 e. The molecular formula is C29H39N5O3. The van der Waals surface area contributed by atoms with E-state index in [1.54, 1.807) is 4.68 Å². The van der Waals surface area contributed by atoms with Crippen molar-refractivity contribution in [3.63, 3.8) is 0 Å². The van der Waals surface area contributed by atoms with E-state index < -0.39 is 12.0 Å². The fourth-order valence-electron chi connectivity index (χ4n) is 5.82. The van der Waals surface area contributed by atoms with Gasteiger partial charge < -0.3 is 15.2 Å². The third kappa shape index (κ3) is 5.22. The number of ether oxygens (including phenoxy) is 1. The number of carboxylic acid groups (broad SMARTS) is 1. The Kier molecular flexibility index (Phi) is 7.23. The molecule has 0 spiro atoms. The van der Waals surface area contributed by atoms with Crippen LogP contribution in [0, 0.1) is 6.92 Å². The number of fused-ring (bicyclic) bond motifs is 2. The molecule has 198 valence electrons. The fraction of sp³-hybridized carbons (Fsp3) is 0.552. The Morgan fingerprint density at radius 3 is 2.81 bits per heavy atom. The van der Waals surface area contributed by atoms with Crippen LogP contribution < -0.4 is 5.32 Å². The van der Waals surface area contributed by atoms with Crippen LogP contribution in [-0.2, 0) is 28.4 Å². The van der Waals surface area contributed by atoms with Crippen molar-refractivity contribution in [1.82, 2.24) is 19.7 Å². The number of benzene rings is 1. The standard InChI is InChI=1S/C29H39N5O3/c1-19-22-10-8-11-23(25(22)33(4)32-19)26(28(35)36)34-17-21(18-34)37-16-7-5-6-9-20-12-13-24-27(31-20)30-15-14-29(24,2)3/h8,10-13,21,26H,5-7,9,14-18H2,1-4H3,(H,30,31)(H,35,36). The van der Waals surface area contributed by atoms with E-state index in [4.69, 9.17) is 9.72 Å². The molecule has 37 heavy (non-hydrogen) atoms. The number of pyridine rings is 1. The van der Waals surface area contributed by atoms with Crippen LogP contribution >= 0.6 is 0 Å². The Bertz CT molecular complexity index is 1280. The Hall–Kier alpha value is -2.97. The zero-order valence-electron chi connectivity index (χ0n) is 22.5. The minimum atomic E-state index is -0.834. The predicted molar refractivity (Wildman–Crippen MR) is 145 cm³/mol. The van der Waals surface area contributed by atoms with Gasteiger partial charge in [-0.25, -0.2) is 4.98 Å². The molecule has 3 aromatic rings. The van der Waals surface area contributed by atoms with Crippen LogP contribution in [0.2, 0.25) is 0 Å². The molecule has 8 heteroatoms. The highest BCUT2D eigenvalue weighted by molar-refractivity contribution is 5.89. The van der Waals surface area contributed by atoms with E-state index in [0.29, 0.717) is 19.7 Å². The van der Waals surface area contributed by atoms with E-state index in [9.17, 15) is 9.90 Å². The number of aliphatic carboxylic acids is 1. The van der Waals surface area contributed by atoms with Crippen molar-refractivity contribution in [3.8, 4) is 0 Å². The molecule has 4 heterocycles. The normalized spacial score (nSPS) is 18.3. The largest absolute Gasteiger partial charge is 0.480 e. The molecule has 1 fully saturated rings. The first-order valence-corrected chi connectivity index (χ1v) is 13.5. The van der Waals surface area contributed by atoms with Gasteiger partial charge in [0, 0.05) is 55.5 Å². The SMILES string of the molecule is Cc1nn(C)c2c(C(C(=O)O)N3CC(OCCCCCc4ccc5c(n4)NCCC5(C)C)C3)cccc12. The summed E-state index contributed by atoms with van der Waals surface area (Å²) < 4.78 is 7.85. The maximum Gasteiger partial charge on any atom is 0.325 e. The van der Waals surface area contributed by atoms with Crippen LogP contribution in [-0.4, -0.2) is 63.1 Å². The van der Waals surface area contributed by atoms with Crippen molar-refractivity contribution >= 4 is 22.7 Å². The number of nitrogens with zero attached hydrogens (tertiary/aromatic N) is 4. The Morgan fingerprint density at radius 1 is 1.22 bits per heavy atom. The lowest BCUT2D eigenvalue weighted by atomic mass is 9.79. The summed E-state index contributed by atoms with van der Waals surface area (Å²) >= 11 is 0. The monoisotopic (exact) mass is 505 g/mol. The van der Waals surface area contributed by atoms with E-state index in [2.05, 4.69) is 36.4 Å². The van der Waals surface area contributed by atoms with Gasteiger partial charge in [0.15, 0.2) is 0 Å². The van der Waals surface area contributed by atoms with E-state index in [1.165, 1.54) is 5.56 Å². The fourth-order valence-corrected chi connectivity index (χ4v) is 5.82. The number of anilines is 1. The summed E-state index contributed by atoms with van der Waals surface area (Å²) in [5, 5.41) is 19.0. The minimum absolute atomic E-state index is 0.0890. The number of hydrogen-bond acceptors (Lipinski definition) is 6. The molecule has 2 aliphatic heterocycles. The molecule has 0 amide bonds. The molecule has 0 bridgehead atoms. The van der Waals surface area contributed by atoms with Crippen molar-refractivity contribution in [2.24, 2.45) is 7.05 Å². The summed E-state index contributed by atoms with van der Waals surface area (Å²) in [4.78, 5) is 19.1. The van der Waals surface area contributed by atoms with E-state index in [0.717, 1.165) is 72.3 Å². The molecule has 1 aromatic carbocycles. The smallest absolute Gasteiger partial charge is 0.325 e.